The molecule has 1 aromatic rings. The Bertz CT molecular complexity index is 318. The van der Waals surface area contributed by atoms with E-state index in [9.17, 15) is 4.79 Å². The first-order valence-electron chi connectivity index (χ1n) is 4.44. The van der Waals surface area contributed by atoms with E-state index in [-0.39, 0.29) is 25.5 Å². The molecule has 0 aliphatic rings. The van der Waals surface area contributed by atoms with E-state index in [4.69, 9.17) is 19.7 Å². The van der Waals surface area contributed by atoms with Gasteiger partial charge in [0.2, 0.25) is 5.76 Å². The zero-order valence-electron chi connectivity index (χ0n) is 8.01. The topological polar surface area (TPSA) is 103 Å². The zero-order valence-corrected chi connectivity index (χ0v) is 8.01. The summed E-state index contributed by atoms with van der Waals surface area (Å²) >= 11 is 0. The SMILES string of the molecule is O=C(O)c1ccc(CNC(CO)CO)o1. The number of aliphatic hydroxyl groups is 2. The first-order valence-corrected chi connectivity index (χ1v) is 4.44. The molecule has 1 rings (SSSR count). The summed E-state index contributed by atoms with van der Waals surface area (Å²) in [6.07, 6.45) is 0. The molecule has 6 nitrogen and oxygen atoms in total. The van der Waals surface area contributed by atoms with Crippen LogP contribution in [0, 0.1) is 0 Å². The summed E-state index contributed by atoms with van der Waals surface area (Å²) < 4.78 is 4.96. The summed E-state index contributed by atoms with van der Waals surface area (Å²) in [7, 11) is 0. The van der Waals surface area contributed by atoms with Gasteiger partial charge in [-0.3, -0.25) is 0 Å². The number of carbonyl (C=O) groups is 1. The normalized spacial score (nSPS) is 10.9. The van der Waals surface area contributed by atoms with Crippen molar-refractivity contribution in [2.45, 2.75) is 12.6 Å². The molecule has 0 fully saturated rings. The van der Waals surface area contributed by atoms with Gasteiger partial charge in [0.1, 0.15) is 5.76 Å². The van der Waals surface area contributed by atoms with E-state index >= 15 is 0 Å². The summed E-state index contributed by atoms with van der Waals surface area (Å²) in [6.45, 7) is -0.120. The summed E-state index contributed by atoms with van der Waals surface area (Å²) in [5.41, 5.74) is 0. The Labute approximate surface area is 86.1 Å². The standard InChI is InChI=1S/C9H13NO5/c11-4-6(5-12)10-3-7-1-2-8(15-7)9(13)14/h1-2,6,10-12H,3-5H2,(H,13,14). The average molecular weight is 215 g/mol. The van der Waals surface area contributed by atoms with Crippen LogP contribution in [0.25, 0.3) is 0 Å². The monoisotopic (exact) mass is 215 g/mol. The fourth-order valence-electron chi connectivity index (χ4n) is 1.02. The molecule has 0 spiro atoms. The van der Waals surface area contributed by atoms with Crippen LogP contribution in [-0.2, 0) is 6.54 Å². The Balaban J connectivity index is 2.47. The van der Waals surface area contributed by atoms with Crippen molar-refractivity contribution in [3.05, 3.63) is 23.7 Å². The lowest BCUT2D eigenvalue weighted by Crippen LogP contribution is -2.35. The number of hydrogen-bond donors (Lipinski definition) is 4. The van der Waals surface area contributed by atoms with Crippen molar-refractivity contribution in [3.63, 3.8) is 0 Å². The zero-order chi connectivity index (χ0) is 11.3. The third kappa shape index (κ3) is 3.35. The van der Waals surface area contributed by atoms with Gasteiger partial charge in [-0.2, -0.15) is 0 Å². The number of nitrogens with one attached hydrogen (secondary N) is 1. The number of aromatic carboxylic acids is 1. The fourth-order valence-corrected chi connectivity index (χ4v) is 1.02. The predicted molar refractivity (Wildman–Crippen MR) is 50.5 cm³/mol. The minimum absolute atomic E-state index is 0.128. The molecule has 0 aliphatic carbocycles. The van der Waals surface area contributed by atoms with Crippen LogP contribution in [0.1, 0.15) is 16.3 Å². The predicted octanol–water partition coefficient (Wildman–Crippen LogP) is -0.579. The van der Waals surface area contributed by atoms with E-state index in [2.05, 4.69) is 5.32 Å². The average Bonchev–Trinajstić information content (AvgIpc) is 2.68. The summed E-state index contributed by atoms with van der Waals surface area (Å²) in [6, 6.07) is 2.46. The lowest BCUT2D eigenvalue weighted by atomic mass is 10.3. The first-order chi connectivity index (χ1) is 7.17. The van der Waals surface area contributed by atoms with Crippen LogP contribution >= 0.6 is 0 Å². The highest BCUT2D eigenvalue weighted by atomic mass is 16.4. The van der Waals surface area contributed by atoms with Gasteiger partial charge in [-0.15, -0.1) is 0 Å². The third-order valence-corrected chi connectivity index (χ3v) is 1.88. The molecule has 6 heteroatoms. The van der Waals surface area contributed by atoms with Gasteiger partial charge >= 0.3 is 5.97 Å². The molecular formula is C9H13NO5. The molecule has 0 atom stereocenters. The molecule has 0 unspecified atom stereocenters. The highest BCUT2D eigenvalue weighted by Gasteiger charge is 2.10. The van der Waals surface area contributed by atoms with E-state index < -0.39 is 12.0 Å². The lowest BCUT2D eigenvalue weighted by molar-refractivity contribution is 0.0659. The molecule has 15 heavy (non-hydrogen) atoms. The van der Waals surface area contributed by atoms with Crippen molar-refractivity contribution < 1.29 is 24.5 Å². The van der Waals surface area contributed by atoms with Gasteiger partial charge < -0.3 is 25.1 Å². The van der Waals surface area contributed by atoms with Crippen LogP contribution in [0.2, 0.25) is 0 Å². The van der Waals surface area contributed by atoms with Crippen LogP contribution < -0.4 is 5.32 Å². The van der Waals surface area contributed by atoms with Gasteiger partial charge in [-0.1, -0.05) is 0 Å². The molecule has 0 aliphatic heterocycles. The number of carboxylic acid groups (broad SMARTS) is 1. The minimum Gasteiger partial charge on any atom is -0.475 e. The van der Waals surface area contributed by atoms with Crippen molar-refractivity contribution in [2.75, 3.05) is 13.2 Å². The Morgan fingerprint density at radius 2 is 2.07 bits per heavy atom. The number of hydrogen-bond acceptors (Lipinski definition) is 5. The molecule has 0 radical (unpaired) electrons. The van der Waals surface area contributed by atoms with Gasteiger partial charge in [0.15, 0.2) is 0 Å². The highest BCUT2D eigenvalue weighted by Crippen LogP contribution is 2.07. The van der Waals surface area contributed by atoms with Crippen molar-refractivity contribution in [1.82, 2.24) is 5.32 Å². The molecule has 0 aromatic carbocycles. The molecule has 1 heterocycles. The minimum atomic E-state index is -1.12. The van der Waals surface area contributed by atoms with E-state index in [0.29, 0.717) is 5.76 Å². The van der Waals surface area contributed by atoms with Gasteiger partial charge in [-0.05, 0) is 12.1 Å². The molecule has 0 bridgehead atoms. The van der Waals surface area contributed by atoms with Crippen LogP contribution in [0.3, 0.4) is 0 Å². The molecule has 4 N–H and O–H groups in total. The Morgan fingerprint density at radius 1 is 1.40 bits per heavy atom. The fraction of sp³-hybridized carbons (Fsp3) is 0.444. The number of furan rings is 1. The molecule has 0 saturated carbocycles. The first kappa shape index (κ1) is 11.7. The van der Waals surface area contributed by atoms with Crippen molar-refractivity contribution in [3.8, 4) is 0 Å². The van der Waals surface area contributed by atoms with E-state index in [1.807, 2.05) is 0 Å². The van der Waals surface area contributed by atoms with Crippen LogP contribution in [0.5, 0.6) is 0 Å². The second kappa shape index (κ2) is 5.50. The second-order valence-corrected chi connectivity index (χ2v) is 3.01. The van der Waals surface area contributed by atoms with Gasteiger partial charge in [0, 0.05) is 0 Å². The Morgan fingerprint density at radius 3 is 2.53 bits per heavy atom. The summed E-state index contributed by atoms with van der Waals surface area (Å²) in [5, 5.41) is 28.9. The second-order valence-electron chi connectivity index (χ2n) is 3.01. The van der Waals surface area contributed by atoms with Gasteiger partial charge in [-0.25, -0.2) is 4.79 Å². The maximum Gasteiger partial charge on any atom is 0.371 e. The van der Waals surface area contributed by atoms with E-state index in [1.165, 1.54) is 12.1 Å². The maximum absolute atomic E-state index is 10.5. The van der Waals surface area contributed by atoms with Crippen LogP contribution in [0.15, 0.2) is 16.5 Å². The summed E-state index contributed by atoms with van der Waals surface area (Å²) in [5.74, 6) is -0.808. The van der Waals surface area contributed by atoms with Crippen molar-refractivity contribution in [2.24, 2.45) is 0 Å². The Hall–Kier alpha value is -1.37. The van der Waals surface area contributed by atoms with Crippen molar-refractivity contribution in [1.29, 1.82) is 0 Å². The van der Waals surface area contributed by atoms with Gasteiger partial charge in [0.05, 0.1) is 25.8 Å². The van der Waals surface area contributed by atoms with Crippen molar-refractivity contribution >= 4 is 5.97 Å². The van der Waals surface area contributed by atoms with E-state index in [1.54, 1.807) is 0 Å². The highest BCUT2D eigenvalue weighted by molar-refractivity contribution is 5.84. The third-order valence-electron chi connectivity index (χ3n) is 1.88. The quantitative estimate of drug-likeness (QED) is 0.506. The van der Waals surface area contributed by atoms with Crippen LogP contribution in [-0.4, -0.2) is 40.5 Å². The molecule has 1 aromatic heterocycles. The summed E-state index contributed by atoms with van der Waals surface area (Å²) in [4.78, 5) is 10.5. The Kier molecular flexibility index (Phi) is 4.29. The number of rotatable bonds is 6. The molecular weight excluding hydrogens is 202 g/mol. The molecule has 0 amide bonds. The lowest BCUT2D eigenvalue weighted by Gasteiger charge is -2.11. The smallest absolute Gasteiger partial charge is 0.371 e. The molecule has 0 saturated heterocycles. The number of carboxylic acids is 1. The number of aliphatic hydroxyl groups excluding tert-OH is 2. The molecule has 84 valence electrons. The maximum atomic E-state index is 10.5. The van der Waals surface area contributed by atoms with Gasteiger partial charge in [0.25, 0.3) is 0 Å². The van der Waals surface area contributed by atoms with E-state index in [0.717, 1.165) is 0 Å². The largest absolute Gasteiger partial charge is 0.475 e. The van der Waals surface area contributed by atoms with Crippen LogP contribution in [0.4, 0.5) is 0 Å².